The number of hydrogen-bond donors (Lipinski definition) is 0. The Balaban J connectivity index is 0.000000512. The van der Waals surface area contributed by atoms with Crippen LogP contribution < -0.4 is 4.90 Å². The molecule has 0 bridgehead atoms. The summed E-state index contributed by atoms with van der Waals surface area (Å²) in [6.07, 6.45) is 9.68. The van der Waals surface area contributed by atoms with Crippen molar-refractivity contribution in [1.29, 1.82) is 0 Å². The lowest BCUT2D eigenvalue weighted by Gasteiger charge is -2.26. The van der Waals surface area contributed by atoms with Crippen LogP contribution in [-0.2, 0) is 0 Å². The summed E-state index contributed by atoms with van der Waals surface area (Å²) in [4.78, 5) is 2.36. The van der Waals surface area contributed by atoms with Crippen LogP contribution in [0.2, 0.25) is 0 Å². The first-order chi connectivity index (χ1) is 44.9. The van der Waals surface area contributed by atoms with Gasteiger partial charge >= 0.3 is 0 Å². The lowest BCUT2D eigenvalue weighted by Crippen LogP contribution is -2.09. The summed E-state index contributed by atoms with van der Waals surface area (Å²) in [6.45, 7) is 16.5. The van der Waals surface area contributed by atoms with Crippen LogP contribution in [0, 0.1) is 0 Å². The zero-order valence-corrected chi connectivity index (χ0v) is 53.8. The van der Waals surface area contributed by atoms with Crippen molar-refractivity contribution in [3.8, 4) is 72.4 Å². The first-order valence-electron chi connectivity index (χ1n) is 32.3. The van der Waals surface area contributed by atoms with Gasteiger partial charge in [0.2, 0.25) is 0 Å². The molecule has 0 fully saturated rings. The van der Waals surface area contributed by atoms with Crippen molar-refractivity contribution < 1.29 is 0 Å². The van der Waals surface area contributed by atoms with Crippen LogP contribution in [0.3, 0.4) is 0 Å². The molecule has 0 amide bonds. The molecule has 0 saturated carbocycles. The number of hydrogen-bond acceptors (Lipinski definition) is 1. The smallest absolute Gasteiger partial charge is 0.0541 e. The Morgan fingerprint density at radius 2 is 0.681 bits per heavy atom. The molecule has 0 spiro atoms. The van der Waals surface area contributed by atoms with Crippen LogP contribution in [0.5, 0.6) is 0 Å². The molecule has 2 nitrogen and oxygen atoms in total. The lowest BCUT2D eigenvalue weighted by molar-refractivity contribution is 1.18. The third kappa shape index (κ3) is 13.6. The minimum atomic E-state index is 1.09. The van der Waals surface area contributed by atoms with Crippen molar-refractivity contribution in [2.75, 3.05) is 4.90 Å². The average molecular weight is 1180 g/mol. The summed E-state index contributed by atoms with van der Waals surface area (Å²) in [6, 6.07) is 110. The molecular weight excluding hydrogens is 1100 g/mol. The second-order valence-electron chi connectivity index (χ2n) is 22.4. The van der Waals surface area contributed by atoms with Gasteiger partial charge < -0.3 is 9.47 Å². The minimum Gasteiger partial charge on any atom is -0.311 e. The normalized spacial score (nSPS) is 11.0. The van der Waals surface area contributed by atoms with Crippen molar-refractivity contribution >= 4 is 60.4 Å². The fourth-order valence-corrected chi connectivity index (χ4v) is 12.2. The van der Waals surface area contributed by atoms with E-state index in [9.17, 15) is 0 Å². The summed E-state index contributed by atoms with van der Waals surface area (Å²) < 4.78 is 2.37. The van der Waals surface area contributed by atoms with Crippen LogP contribution in [0.4, 0.5) is 17.1 Å². The highest BCUT2D eigenvalue weighted by atomic mass is 15.1. The number of fused-ring (bicyclic) bond motifs is 5. The number of benzene rings is 13. The molecule has 91 heavy (non-hydrogen) atoms. The number of aromatic nitrogens is 1. The highest BCUT2D eigenvalue weighted by molar-refractivity contribution is 6.10. The Kier molecular flexibility index (Phi) is 20.0. The van der Waals surface area contributed by atoms with E-state index in [1.807, 2.05) is 34.6 Å². The molecule has 1 heterocycles. The Morgan fingerprint density at radius 3 is 1.11 bits per heavy atom. The van der Waals surface area contributed by atoms with Gasteiger partial charge in [-0.05, 0) is 188 Å². The highest BCUT2D eigenvalue weighted by Gasteiger charge is 2.17. The zero-order valence-electron chi connectivity index (χ0n) is 53.8. The second-order valence-corrected chi connectivity index (χ2v) is 22.4. The Bertz CT molecular complexity index is 4650. The van der Waals surface area contributed by atoms with Gasteiger partial charge in [-0.1, -0.05) is 301 Å². The molecule has 13 aromatic carbocycles. The monoisotopic (exact) mass is 1180 g/mol. The van der Waals surface area contributed by atoms with Gasteiger partial charge in [0, 0.05) is 33.5 Å². The van der Waals surface area contributed by atoms with Crippen LogP contribution in [0.1, 0.15) is 61.8 Å². The van der Waals surface area contributed by atoms with E-state index in [1.54, 1.807) is 0 Å². The molecule has 0 aliphatic heterocycles. The number of nitrogens with zero attached hydrogens (tertiary/aromatic N) is 2. The molecule has 14 rings (SSSR count). The van der Waals surface area contributed by atoms with E-state index in [1.165, 1.54) is 127 Å². The van der Waals surface area contributed by atoms with Gasteiger partial charge in [-0.25, -0.2) is 0 Å². The first kappa shape index (κ1) is 61.8. The predicted octanol–water partition coefficient (Wildman–Crippen LogP) is 26.5. The molecule has 14 aromatic rings. The Hall–Kier alpha value is -10.8. The minimum absolute atomic E-state index is 1.09. The van der Waals surface area contributed by atoms with Crippen LogP contribution >= 0.6 is 0 Å². The van der Waals surface area contributed by atoms with Crippen LogP contribution in [0.25, 0.3) is 116 Å². The van der Waals surface area contributed by atoms with E-state index in [0.29, 0.717) is 0 Å². The van der Waals surface area contributed by atoms with E-state index >= 15 is 0 Å². The summed E-state index contributed by atoms with van der Waals surface area (Å²) in [5.74, 6) is 0. The molecule has 0 saturated heterocycles. The molecule has 0 radical (unpaired) electrons. The van der Waals surface area contributed by atoms with Gasteiger partial charge in [-0.15, -0.1) is 0 Å². The van der Waals surface area contributed by atoms with Gasteiger partial charge in [-0.2, -0.15) is 0 Å². The standard InChI is InChI=1S/C74H50N2.C11H18.2C2H6/c1-2-16-63(17-3-1)76-73-23-9-8-20-71(73)72-50-62(42-49-74(72)76)57-34-32-54(33-35-57)53-26-24-51(25-27-53)52-28-30-55(31-29-52)56-36-43-64(44-37-56)75(65-45-38-60(39-46-65)69-21-10-14-58-12-4-6-18-67(58)69)66-47-40-61(41-48-66)70-22-11-15-59-13-5-7-19-68(59)70;1-5-7-9-11(8-6-2)10(3)4;2*1-2/h1-50H;6-9H,5H2,1-4H3;2*1-2H3/b;8-6-,9-7-;;. The van der Waals surface area contributed by atoms with Crippen molar-refractivity contribution in [2.24, 2.45) is 0 Å². The fourth-order valence-electron chi connectivity index (χ4n) is 12.2. The third-order valence-corrected chi connectivity index (χ3v) is 16.7. The summed E-state index contributed by atoms with van der Waals surface area (Å²) >= 11 is 0. The maximum atomic E-state index is 2.37. The topological polar surface area (TPSA) is 8.17 Å². The van der Waals surface area contributed by atoms with Gasteiger partial charge in [0.25, 0.3) is 0 Å². The summed E-state index contributed by atoms with van der Waals surface area (Å²) in [7, 11) is 0. The summed E-state index contributed by atoms with van der Waals surface area (Å²) in [5.41, 5.74) is 24.0. The van der Waals surface area contributed by atoms with Gasteiger partial charge in [-0.3, -0.25) is 0 Å². The van der Waals surface area contributed by atoms with Gasteiger partial charge in [0.15, 0.2) is 0 Å². The van der Waals surface area contributed by atoms with Crippen molar-refractivity contribution in [3.63, 3.8) is 0 Å². The number of rotatable bonds is 13. The number of allylic oxidation sites excluding steroid dienone is 6. The Labute approximate surface area is 539 Å². The maximum absolute atomic E-state index is 2.37. The van der Waals surface area contributed by atoms with E-state index in [-0.39, 0.29) is 0 Å². The van der Waals surface area contributed by atoms with Crippen LogP contribution in [-0.4, -0.2) is 4.57 Å². The molecule has 0 aliphatic rings. The second kappa shape index (κ2) is 29.5. The molecule has 1 aromatic heterocycles. The van der Waals surface area contributed by atoms with Crippen molar-refractivity contribution in [1.82, 2.24) is 4.57 Å². The molecule has 0 aliphatic carbocycles. The molecule has 0 atom stereocenters. The first-order valence-corrected chi connectivity index (χ1v) is 32.3. The average Bonchev–Trinajstić information content (AvgIpc) is 1.66. The molecule has 0 N–H and O–H groups in total. The zero-order chi connectivity index (χ0) is 63.1. The number of para-hydroxylation sites is 2. The van der Waals surface area contributed by atoms with E-state index < -0.39 is 0 Å². The van der Waals surface area contributed by atoms with Crippen molar-refractivity contribution in [2.45, 2.75) is 61.8 Å². The summed E-state index contributed by atoms with van der Waals surface area (Å²) in [5, 5.41) is 7.53. The van der Waals surface area contributed by atoms with Gasteiger partial charge in [0.05, 0.1) is 11.0 Å². The Morgan fingerprint density at radius 1 is 0.330 bits per heavy atom. The maximum Gasteiger partial charge on any atom is 0.0541 e. The molecule has 446 valence electrons. The predicted molar refractivity (Wildman–Crippen MR) is 398 cm³/mol. The quantitative estimate of drug-likeness (QED) is 0.104. The third-order valence-electron chi connectivity index (χ3n) is 16.7. The largest absolute Gasteiger partial charge is 0.311 e. The van der Waals surface area contributed by atoms with E-state index in [2.05, 4.69) is 358 Å². The molecule has 2 heteroatoms. The van der Waals surface area contributed by atoms with Crippen molar-refractivity contribution in [3.05, 3.63) is 339 Å². The fraction of sp³-hybridized carbons (Fsp3) is 0.101. The van der Waals surface area contributed by atoms with Gasteiger partial charge in [0.1, 0.15) is 0 Å². The molecule has 0 unspecified atom stereocenters. The van der Waals surface area contributed by atoms with E-state index in [0.717, 1.165) is 23.5 Å². The van der Waals surface area contributed by atoms with E-state index in [4.69, 9.17) is 0 Å². The van der Waals surface area contributed by atoms with Crippen LogP contribution in [0.15, 0.2) is 339 Å². The SMILES string of the molecule is C/C=C\C(/C=C\CC)=C(C)C.CC.CC.c1ccc(-n2c3ccccc3c3cc(-c4ccc(-c5ccc(-c6ccc(-c7ccc(N(c8ccc(-c9cccc%10ccccc9%10)cc8)c8ccc(-c9cccc%10ccccc9%10)cc8)cc7)cc6)cc5)cc4)ccc32)cc1. The number of anilines is 3. The highest BCUT2D eigenvalue weighted by Crippen LogP contribution is 2.41. The molecular formula is C89H80N2. The lowest BCUT2D eigenvalue weighted by atomic mass is 9.96.